The van der Waals surface area contributed by atoms with Crippen LogP contribution in [0.25, 0.3) is 0 Å². The molecule has 29 heavy (non-hydrogen) atoms. The van der Waals surface area contributed by atoms with Gasteiger partial charge >= 0.3 is 6.03 Å². The van der Waals surface area contributed by atoms with Crippen LogP contribution in [0.4, 0.5) is 10.5 Å². The molecule has 2 aliphatic rings. The molecule has 0 spiro atoms. The van der Waals surface area contributed by atoms with Gasteiger partial charge in [0.15, 0.2) is 0 Å². The van der Waals surface area contributed by atoms with Gasteiger partial charge in [-0.15, -0.1) is 11.3 Å². The van der Waals surface area contributed by atoms with Gasteiger partial charge in [0.05, 0.1) is 12.6 Å². The fourth-order valence-corrected chi connectivity index (χ4v) is 5.03. The molecule has 2 fully saturated rings. The van der Waals surface area contributed by atoms with Crippen molar-refractivity contribution < 1.29 is 14.4 Å². The van der Waals surface area contributed by atoms with Gasteiger partial charge in [-0.05, 0) is 47.9 Å². The molecule has 1 unspecified atom stereocenters. The molecule has 1 saturated heterocycles. The van der Waals surface area contributed by atoms with Crippen LogP contribution in [0.2, 0.25) is 0 Å². The monoisotopic (exact) mass is 411 g/mol. The van der Waals surface area contributed by atoms with E-state index in [1.54, 1.807) is 23.5 Å². The lowest BCUT2D eigenvalue weighted by atomic mass is 9.97. The Balaban J connectivity index is 1.36. The first kappa shape index (κ1) is 19.6. The van der Waals surface area contributed by atoms with Gasteiger partial charge in [0, 0.05) is 23.4 Å². The maximum absolute atomic E-state index is 12.6. The molecule has 7 heteroatoms. The minimum absolute atomic E-state index is 0.0453. The average molecular weight is 412 g/mol. The predicted molar refractivity (Wildman–Crippen MR) is 112 cm³/mol. The number of carbonyl (C=O) groups excluding carboxylic acids is 3. The summed E-state index contributed by atoms with van der Waals surface area (Å²) in [4.78, 5) is 38.6. The van der Waals surface area contributed by atoms with Crippen molar-refractivity contribution in [1.29, 1.82) is 0 Å². The molecule has 0 bridgehead atoms. The number of likely N-dealkylation sites (tertiary alicyclic amines) is 1. The Bertz CT molecular complexity index is 857. The van der Waals surface area contributed by atoms with Gasteiger partial charge in [0.2, 0.25) is 11.8 Å². The van der Waals surface area contributed by atoms with E-state index in [2.05, 4.69) is 16.7 Å². The predicted octanol–water partition coefficient (Wildman–Crippen LogP) is 4.45. The highest BCUT2D eigenvalue weighted by Gasteiger charge is 2.29. The number of amides is 4. The lowest BCUT2D eigenvalue weighted by Gasteiger charge is -2.24. The van der Waals surface area contributed by atoms with Crippen LogP contribution in [0.3, 0.4) is 0 Å². The van der Waals surface area contributed by atoms with Gasteiger partial charge < -0.3 is 10.6 Å². The number of urea groups is 1. The number of hydrogen-bond acceptors (Lipinski definition) is 4. The van der Waals surface area contributed by atoms with Gasteiger partial charge in [-0.1, -0.05) is 31.0 Å². The number of anilines is 1. The zero-order valence-electron chi connectivity index (χ0n) is 16.2. The zero-order chi connectivity index (χ0) is 20.2. The maximum Gasteiger partial charge on any atom is 0.319 e. The maximum atomic E-state index is 12.6. The summed E-state index contributed by atoms with van der Waals surface area (Å²) in [5.41, 5.74) is 1.55. The Morgan fingerprint density at radius 3 is 2.38 bits per heavy atom. The van der Waals surface area contributed by atoms with E-state index in [1.807, 2.05) is 23.6 Å². The van der Waals surface area contributed by atoms with Crippen LogP contribution in [0.15, 0.2) is 41.8 Å². The summed E-state index contributed by atoms with van der Waals surface area (Å²) >= 11 is 1.68. The molecular formula is C22H25N3O3S. The number of benzene rings is 1. The molecule has 1 aliphatic carbocycles. The lowest BCUT2D eigenvalue weighted by molar-refractivity contribution is -0.139. The van der Waals surface area contributed by atoms with Crippen LogP contribution in [0.5, 0.6) is 0 Å². The van der Waals surface area contributed by atoms with Crippen LogP contribution in [0.1, 0.15) is 55.0 Å². The molecule has 2 N–H and O–H groups in total. The first-order valence-corrected chi connectivity index (χ1v) is 11.0. The van der Waals surface area contributed by atoms with Crippen molar-refractivity contribution in [3.63, 3.8) is 0 Å². The number of rotatable bonds is 6. The Kier molecular flexibility index (Phi) is 5.94. The summed E-state index contributed by atoms with van der Waals surface area (Å²) in [6.45, 7) is 0.284. The number of hydrogen-bond donors (Lipinski definition) is 2. The second kappa shape index (κ2) is 8.78. The summed E-state index contributed by atoms with van der Waals surface area (Å²) in [5.74, 6) is 0.239. The van der Waals surface area contributed by atoms with E-state index < -0.39 is 0 Å². The largest absolute Gasteiger partial charge is 0.330 e. The number of carbonyl (C=O) groups is 3. The van der Waals surface area contributed by atoms with Gasteiger partial charge in [-0.25, -0.2) is 4.79 Å². The first-order chi connectivity index (χ1) is 14.1. The van der Waals surface area contributed by atoms with Crippen LogP contribution < -0.4 is 10.6 Å². The summed E-state index contributed by atoms with van der Waals surface area (Å²) < 4.78 is 0. The summed E-state index contributed by atoms with van der Waals surface area (Å²) in [7, 11) is 0. The SMILES string of the molecule is O=C(Nc1ccc(CN2C(=O)CCC2=O)cc1)NC(c1cccs1)C1CCCC1. The Labute approximate surface area is 174 Å². The minimum Gasteiger partial charge on any atom is -0.330 e. The Morgan fingerprint density at radius 1 is 1.07 bits per heavy atom. The molecule has 2 heterocycles. The van der Waals surface area contributed by atoms with Crippen LogP contribution in [-0.4, -0.2) is 22.7 Å². The van der Waals surface area contributed by atoms with Crippen LogP contribution in [-0.2, 0) is 16.1 Å². The first-order valence-electron chi connectivity index (χ1n) is 10.1. The second-order valence-electron chi connectivity index (χ2n) is 7.71. The molecular weight excluding hydrogens is 386 g/mol. The van der Waals surface area contributed by atoms with E-state index in [1.165, 1.54) is 22.6 Å². The summed E-state index contributed by atoms with van der Waals surface area (Å²) in [5, 5.41) is 8.11. The lowest BCUT2D eigenvalue weighted by Crippen LogP contribution is -2.35. The topological polar surface area (TPSA) is 78.5 Å². The fourth-order valence-electron chi connectivity index (χ4n) is 4.16. The van der Waals surface area contributed by atoms with Crippen molar-refractivity contribution in [2.75, 3.05) is 5.32 Å². The standard InChI is InChI=1S/C22H25N3O3S/c26-19-11-12-20(27)25(19)14-15-7-9-17(10-8-15)23-22(28)24-21(16-4-1-2-5-16)18-6-3-13-29-18/h3,6-10,13,16,21H,1-2,4-5,11-12,14H2,(H2,23,24,28). The third kappa shape index (κ3) is 4.67. The van der Waals surface area contributed by atoms with E-state index in [-0.39, 0.29) is 30.4 Å². The van der Waals surface area contributed by atoms with Gasteiger partial charge in [0.1, 0.15) is 0 Å². The smallest absolute Gasteiger partial charge is 0.319 e. The van der Waals surface area contributed by atoms with E-state index in [0.717, 1.165) is 18.4 Å². The third-order valence-electron chi connectivity index (χ3n) is 5.71. The molecule has 1 aromatic carbocycles. The van der Waals surface area contributed by atoms with Crippen molar-refractivity contribution >= 4 is 34.9 Å². The van der Waals surface area contributed by atoms with Crippen molar-refractivity contribution in [3.05, 3.63) is 52.2 Å². The molecule has 1 atom stereocenters. The number of nitrogens with one attached hydrogen (secondary N) is 2. The molecule has 1 aromatic heterocycles. The number of thiophene rings is 1. The van der Waals surface area contributed by atoms with Gasteiger partial charge in [0.25, 0.3) is 0 Å². The van der Waals surface area contributed by atoms with E-state index >= 15 is 0 Å². The molecule has 4 rings (SSSR count). The molecule has 1 saturated carbocycles. The second-order valence-corrected chi connectivity index (χ2v) is 8.69. The molecule has 4 amide bonds. The zero-order valence-corrected chi connectivity index (χ0v) is 17.0. The number of nitrogens with zero attached hydrogens (tertiary/aromatic N) is 1. The fraction of sp³-hybridized carbons (Fsp3) is 0.409. The number of imide groups is 1. The quantitative estimate of drug-likeness (QED) is 0.689. The average Bonchev–Trinajstić information content (AvgIpc) is 3.48. The highest BCUT2D eigenvalue weighted by atomic mass is 32.1. The van der Waals surface area contributed by atoms with E-state index in [9.17, 15) is 14.4 Å². The van der Waals surface area contributed by atoms with E-state index in [4.69, 9.17) is 0 Å². The van der Waals surface area contributed by atoms with Crippen molar-refractivity contribution in [2.45, 2.75) is 51.1 Å². The third-order valence-corrected chi connectivity index (χ3v) is 6.67. The Hall–Kier alpha value is -2.67. The van der Waals surface area contributed by atoms with Crippen molar-refractivity contribution in [1.82, 2.24) is 10.2 Å². The minimum atomic E-state index is -0.215. The normalized spacial score (nSPS) is 18.3. The van der Waals surface area contributed by atoms with Gasteiger partial charge in [-0.2, -0.15) is 0 Å². The highest BCUT2D eigenvalue weighted by molar-refractivity contribution is 7.10. The molecule has 2 aromatic rings. The Morgan fingerprint density at radius 2 is 1.76 bits per heavy atom. The van der Waals surface area contributed by atoms with Crippen molar-refractivity contribution in [3.8, 4) is 0 Å². The summed E-state index contributed by atoms with van der Waals surface area (Å²) in [6, 6.07) is 11.2. The van der Waals surface area contributed by atoms with Crippen LogP contribution >= 0.6 is 11.3 Å². The molecule has 0 radical (unpaired) electrons. The molecule has 6 nitrogen and oxygen atoms in total. The van der Waals surface area contributed by atoms with E-state index in [0.29, 0.717) is 24.4 Å². The van der Waals surface area contributed by atoms with Crippen molar-refractivity contribution in [2.24, 2.45) is 5.92 Å². The molecule has 152 valence electrons. The van der Waals surface area contributed by atoms with Crippen LogP contribution in [0, 0.1) is 5.92 Å². The highest BCUT2D eigenvalue weighted by Crippen LogP contribution is 2.37. The summed E-state index contributed by atoms with van der Waals surface area (Å²) in [6.07, 6.45) is 5.33. The van der Waals surface area contributed by atoms with Gasteiger partial charge in [-0.3, -0.25) is 14.5 Å². The molecule has 1 aliphatic heterocycles.